The van der Waals surface area contributed by atoms with Gasteiger partial charge in [0.1, 0.15) is 5.76 Å². The highest BCUT2D eigenvalue weighted by Crippen LogP contribution is 2.28. The van der Waals surface area contributed by atoms with Crippen molar-refractivity contribution in [1.82, 2.24) is 5.32 Å². The van der Waals surface area contributed by atoms with E-state index in [2.05, 4.69) is 11.4 Å². The molecule has 0 fully saturated rings. The molecular formula is C19H13ClN2O2. The minimum Gasteiger partial charge on any atom is -0.451 e. The summed E-state index contributed by atoms with van der Waals surface area (Å²) in [6.07, 6.45) is 0. The van der Waals surface area contributed by atoms with Gasteiger partial charge in [-0.2, -0.15) is 5.26 Å². The van der Waals surface area contributed by atoms with Crippen LogP contribution < -0.4 is 5.32 Å². The SMILES string of the molecule is N#Cc1ccc(CNC(=O)c2ccc(-c3ccccc3Cl)o2)cc1. The number of hydrogen-bond acceptors (Lipinski definition) is 3. The van der Waals surface area contributed by atoms with Crippen molar-refractivity contribution in [3.63, 3.8) is 0 Å². The van der Waals surface area contributed by atoms with Gasteiger partial charge < -0.3 is 9.73 Å². The summed E-state index contributed by atoms with van der Waals surface area (Å²) < 4.78 is 5.60. The number of amides is 1. The molecule has 0 radical (unpaired) electrons. The highest BCUT2D eigenvalue weighted by molar-refractivity contribution is 6.33. The summed E-state index contributed by atoms with van der Waals surface area (Å²) in [5, 5.41) is 12.1. The zero-order valence-electron chi connectivity index (χ0n) is 12.6. The molecule has 24 heavy (non-hydrogen) atoms. The lowest BCUT2D eigenvalue weighted by Crippen LogP contribution is -2.22. The van der Waals surface area contributed by atoms with Crippen molar-refractivity contribution in [1.29, 1.82) is 5.26 Å². The second kappa shape index (κ2) is 7.03. The van der Waals surface area contributed by atoms with E-state index in [1.165, 1.54) is 0 Å². The fourth-order valence-corrected chi connectivity index (χ4v) is 2.46. The molecule has 0 aliphatic heterocycles. The minimum absolute atomic E-state index is 0.221. The van der Waals surface area contributed by atoms with E-state index in [9.17, 15) is 4.79 Å². The van der Waals surface area contributed by atoms with Gasteiger partial charge >= 0.3 is 0 Å². The maximum absolute atomic E-state index is 12.2. The maximum Gasteiger partial charge on any atom is 0.287 e. The lowest BCUT2D eigenvalue weighted by atomic mass is 10.1. The van der Waals surface area contributed by atoms with Crippen molar-refractivity contribution in [2.24, 2.45) is 0 Å². The molecule has 0 atom stereocenters. The van der Waals surface area contributed by atoms with Crippen LogP contribution in [0.25, 0.3) is 11.3 Å². The fraction of sp³-hybridized carbons (Fsp3) is 0.0526. The molecule has 0 saturated carbocycles. The smallest absolute Gasteiger partial charge is 0.287 e. The molecule has 3 aromatic rings. The van der Waals surface area contributed by atoms with Gasteiger partial charge in [-0.25, -0.2) is 0 Å². The Hall–Kier alpha value is -3.03. The summed E-state index contributed by atoms with van der Waals surface area (Å²) in [4.78, 5) is 12.2. The Bertz CT molecular complexity index is 908. The first-order chi connectivity index (χ1) is 11.7. The maximum atomic E-state index is 12.2. The summed E-state index contributed by atoms with van der Waals surface area (Å²) in [7, 11) is 0. The van der Waals surface area contributed by atoms with Crippen LogP contribution in [0.15, 0.2) is 65.1 Å². The van der Waals surface area contributed by atoms with E-state index in [0.29, 0.717) is 22.9 Å². The number of carbonyl (C=O) groups is 1. The molecular weight excluding hydrogens is 324 g/mol. The van der Waals surface area contributed by atoms with Crippen molar-refractivity contribution in [2.45, 2.75) is 6.54 Å². The van der Waals surface area contributed by atoms with Crippen LogP contribution in [0.1, 0.15) is 21.7 Å². The van der Waals surface area contributed by atoms with E-state index in [-0.39, 0.29) is 11.7 Å². The average Bonchev–Trinajstić information content (AvgIpc) is 3.10. The van der Waals surface area contributed by atoms with E-state index in [1.54, 1.807) is 42.5 Å². The standard InChI is InChI=1S/C19H13ClN2O2/c20-16-4-2-1-3-15(16)17-9-10-18(24-17)19(23)22-12-14-7-5-13(11-21)6-8-14/h1-10H,12H2,(H,22,23). The molecule has 0 bridgehead atoms. The van der Waals surface area contributed by atoms with Gasteiger partial charge in [-0.05, 0) is 42.0 Å². The third-order valence-electron chi connectivity index (χ3n) is 3.51. The van der Waals surface area contributed by atoms with Gasteiger partial charge in [0.25, 0.3) is 5.91 Å². The first-order valence-corrected chi connectivity index (χ1v) is 7.67. The molecule has 118 valence electrons. The second-order valence-corrected chi connectivity index (χ2v) is 5.54. The molecule has 5 heteroatoms. The molecule has 0 aliphatic carbocycles. The van der Waals surface area contributed by atoms with E-state index in [0.717, 1.165) is 11.1 Å². The molecule has 0 saturated heterocycles. The van der Waals surface area contributed by atoms with Crippen LogP contribution in [0.5, 0.6) is 0 Å². The molecule has 4 nitrogen and oxygen atoms in total. The van der Waals surface area contributed by atoms with Crippen molar-refractivity contribution in [2.75, 3.05) is 0 Å². The topological polar surface area (TPSA) is 66.0 Å². The zero-order chi connectivity index (χ0) is 16.9. The third-order valence-corrected chi connectivity index (χ3v) is 3.83. The number of nitriles is 1. The van der Waals surface area contributed by atoms with E-state index in [1.807, 2.05) is 18.2 Å². The van der Waals surface area contributed by atoms with E-state index in [4.69, 9.17) is 21.3 Å². The largest absolute Gasteiger partial charge is 0.451 e. The number of benzene rings is 2. The monoisotopic (exact) mass is 336 g/mol. The van der Waals surface area contributed by atoms with Crippen LogP contribution in [0.4, 0.5) is 0 Å². The van der Waals surface area contributed by atoms with Gasteiger partial charge in [-0.15, -0.1) is 0 Å². The minimum atomic E-state index is -0.308. The van der Waals surface area contributed by atoms with Crippen molar-refractivity contribution in [3.05, 3.63) is 82.6 Å². The summed E-state index contributed by atoms with van der Waals surface area (Å²) in [6.45, 7) is 0.354. The lowest BCUT2D eigenvalue weighted by molar-refractivity contribution is 0.0924. The zero-order valence-corrected chi connectivity index (χ0v) is 13.4. The molecule has 0 spiro atoms. The Morgan fingerprint density at radius 1 is 1.08 bits per heavy atom. The predicted molar refractivity (Wildman–Crippen MR) is 91.5 cm³/mol. The van der Waals surface area contributed by atoms with Crippen molar-refractivity contribution >= 4 is 17.5 Å². The van der Waals surface area contributed by atoms with Crippen molar-refractivity contribution in [3.8, 4) is 17.4 Å². The molecule has 2 aromatic carbocycles. The number of rotatable bonds is 4. The molecule has 1 N–H and O–H groups in total. The molecule has 1 aromatic heterocycles. The quantitative estimate of drug-likeness (QED) is 0.767. The van der Waals surface area contributed by atoms with Gasteiger partial charge in [0.2, 0.25) is 0 Å². The summed E-state index contributed by atoms with van der Waals surface area (Å²) in [6, 6.07) is 19.7. The number of nitrogens with zero attached hydrogens (tertiary/aromatic N) is 1. The Labute approximate surface area is 144 Å². The summed E-state index contributed by atoms with van der Waals surface area (Å²) >= 11 is 6.13. The molecule has 1 heterocycles. The Kier molecular flexibility index (Phi) is 4.64. The number of carbonyl (C=O) groups excluding carboxylic acids is 1. The van der Waals surface area contributed by atoms with Gasteiger partial charge in [-0.1, -0.05) is 35.9 Å². The average molecular weight is 337 g/mol. The highest BCUT2D eigenvalue weighted by atomic mass is 35.5. The van der Waals surface area contributed by atoms with Gasteiger partial charge in [-0.3, -0.25) is 4.79 Å². The molecule has 1 amide bonds. The first-order valence-electron chi connectivity index (χ1n) is 7.29. The first kappa shape index (κ1) is 15.9. The molecule has 3 rings (SSSR count). The van der Waals surface area contributed by atoms with E-state index >= 15 is 0 Å². The van der Waals surface area contributed by atoms with Crippen LogP contribution in [0.2, 0.25) is 5.02 Å². The van der Waals surface area contributed by atoms with Gasteiger partial charge in [0.15, 0.2) is 5.76 Å². The Morgan fingerprint density at radius 2 is 1.83 bits per heavy atom. The van der Waals surface area contributed by atoms with E-state index < -0.39 is 0 Å². The number of nitrogens with one attached hydrogen (secondary N) is 1. The van der Waals surface area contributed by atoms with Crippen LogP contribution in [0.3, 0.4) is 0 Å². The Morgan fingerprint density at radius 3 is 2.54 bits per heavy atom. The summed E-state index contributed by atoms with van der Waals surface area (Å²) in [5.74, 6) is 0.459. The second-order valence-electron chi connectivity index (χ2n) is 5.14. The summed E-state index contributed by atoms with van der Waals surface area (Å²) in [5.41, 5.74) is 2.23. The van der Waals surface area contributed by atoms with Crippen molar-refractivity contribution < 1.29 is 9.21 Å². The van der Waals surface area contributed by atoms with Gasteiger partial charge in [0.05, 0.1) is 16.7 Å². The fourth-order valence-electron chi connectivity index (χ4n) is 2.23. The van der Waals surface area contributed by atoms with Gasteiger partial charge in [0, 0.05) is 12.1 Å². The van der Waals surface area contributed by atoms with Crippen LogP contribution in [0, 0.1) is 11.3 Å². The van der Waals surface area contributed by atoms with Crippen LogP contribution in [-0.4, -0.2) is 5.91 Å². The molecule has 0 unspecified atom stereocenters. The lowest BCUT2D eigenvalue weighted by Gasteiger charge is -2.04. The highest BCUT2D eigenvalue weighted by Gasteiger charge is 2.13. The number of halogens is 1. The number of hydrogen-bond donors (Lipinski definition) is 1. The Balaban J connectivity index is 1.68. The van der Waals surface area contributed by atoms with Crippen LogP contribution >= 0.6 is 11.6 Å². The molecule has 0 aliphatic rings. The normalized spacial score (nSPS) is 10.2. The van der Waals surface area contributed by atoms with Crippen LogP contribution in [-0.2, 0) is 6.54 Å². The third kappa shape index (κ3) is 3.48. The number of furan rings is 1. The predicted octanol–water partition coefficient (Wildman–Crippen LogP) is 4.40.